The molecule has 2 aromatic carbocycles. The second-order valence-corrected chi connectivity index (χ2v) is 6.71. The van der Waals surface area contributed by atoms with Gasteiger partial charge in [0.2, 0.25) is 5.91 Å². The highest BCUT2D eigenvalue weighted by Crippen LogP contribution is 2.16. The van der Waals surface area contributed by atoms with Gasteiger partial charge in [-0.25, -0.2) is 0 Å². The van der Waals surface area contributed by atoms with Crippen molar-refractivity contribution >= 4 is 34.9 Å². The molecule has 0 aliphatic rings. The molecule has 2 aromatic rings. The van der Waals surface area contributed by atoms with Crippen LogP contribution in [-0.2, 0) is 19.1 Å². The van der Waals surface area contributed by atoms with Crippen molar-refractivity contribution in [2.24, 2.45) is 0 Å². The Labute approximate surface area is 169 Å². The molecular formula is C22H24N2O5. The van der Waals surface area contributed by atoms with E-state index < -0.39 is 18.5 Å². The van der Waals surface area contributed by atoms with Gasteiger partial charge in [-0.1, -0.05) is 17.7 Å². The van der Waals surface area contributed by atoms with Crippen LogP contribution in [0.5, 0.6) is 0 Å². The number of anilines is 2. The molecule has 0 aliphatic carbocycles. The topological polar surface area (TPSA) is 102 Å². The molecule has 29 heavy (non-hydrogen) atoms. The minimum atomic E-state index is -0.636. The fourth-order valence-electron chi connectivity index (χ4n) is 2.59. The van der Waals surface area contributed by atoms with Crippen LogP contribution in [0.2, 0.25) is 0 Å². The molecule has 0 radical (unpaired) electrons. The van der Waals surface area contributed by atoms with Crippen LogP contribution in [0.1, 0.15) is 41.3 Å². The zero-order valence-electron chi connectivity index (χ0n) is 16.7. The number of esters is 1. The predicted octanol–water partition coefficient (Wildman–Crippen LogP) is 3.41. The lowest BCUT2D eigenvalue weighted by molar-refractivity contribution is -0.147. The first-order chi connectivity index (χ1) is 13.7. The maximum atomic E-state index is 12.0. The van der Waals surface area contributed by atoms with Gasteiger partial charge in [-0.3, -0.25) is 19.2 Å². The lowest BCUT2D eigenvalue weighted by Gasteiger charge is -2.09. The summed E-state index contributed by atoms with van der Waals surface area (Å²) in [6.45, 7) is 4.86. The second kappa shape index (κ2) is 10.2. The molecule has 2 N–H and O–H groups in total. The minimum absolute atomic E-state index is 0.0414. The predicted molar refractivity (Wildman–Crippen MR) is 110 cm³/mol. The average Bonchev–Trinajstić information content (AvgIpc) is 2.67. The zero-order chi connectivity index (χ0) is 21.4. The van der Waals surface area contributed by atoms with Gasteiger partial charge >= 0.3 is 5.97 Å². The number of ether oxygens (including phenoxy) is 1. The number of carbonyl (C=O) groups excluding carboxylic acids is 4. The first-order valence-electron chi connectivity index (χ1n) is 9.18. The first kappa shape index (κ1) is 21.8. The van der Waals surface area contributed by atoms with Crippen LogP contribution in [0.25, 0.3) is 0 Å². The molecule has 0 aromatic heterocycles. The third-order valence-corrected chi connectivity index (χ3v) is 4.15. The lowest BCUT2D eigenvalue weighted by atomic mass is 10.1. The number of amides is 2. The highest BCUT2D eigenvalue weighted by atomic mass is 16.5. The van der Waals surface area contributed by atoms with Crippen LogP contribution in [0, 0.1) is 13.8 Å². The van der Waals surface area contributed by atoms with Gasteiger partial charge in [-0.2, -0.15) is 0 Å². The monoisotopic (exact) mass is 396 g/mol. The average molecular weight is 396 g/mol. The van der Waals surface area contributed by atoms with E-state index in [0.717, 1.165) is 11.1 Å². The minimum Gasteiger partial charge on any atom is -0.456 e. The van der Waals surface area contributed by atoms with E-state index in [1.165, 1.54) is 6.92 Å². The molecule has 0 unspecified atom stereocenters. The van der Waals surface area contributed by atoms with Crippen molar-refractivity contribution in [3.63, 3.8) is 0 Å². The van der Waals surface area contributed by atoms with E-state index in [4.69, 9.17) is 4.74 Å². The largest absolute Gasteiger partial charge is 0.456 e. The van der Waals surface area contributed by atoms with Crippen molar-refractivity contribution in [1.29, 1.82) is 0 Å². The Morgan fingerprint density at radius 1 is 0.862 bits per heavy atom. The standard InChI is InChI=1S/C22H24N2O5/c1-14-4-9-19(15(2)12-14)24-20(26)10-11-22(28)29-13-21(27)23-18-7-5-17(6-8-18)16(3)25/h4-9,12H,10-11,13H2,1-3H3,(H,23,27)(H,24,26). The molecule has 0 bridgehead atoms. The summed E-state index contributed by atoms with van der Waals surface area (Å²) in [5.41, 5.74) is 3.76. The Balaban J connectivity index is 1.71. The molecule has 152 valence electrons. The van der Waals surface area contributed by atoms with Crippen LogP contribution >= 0.6 is 0 Å². The molecule has 7 nitrogen and oxygen atoms in total. The molecule has 2 amide bonds. The summed E-state index contributed by atoms with van der Waals surface area (Å²) >= 11 is 0. The van der Waals surface area contributed by atoms with Gasteiger partial charge in [-0.15, -0.1) is 0 Å². The van der Waals surface area contributed by atoms with Gasteiger partial charge in [0.1, 0.15) is 0 Å². The van der Waals surface area contributed by atoms with Crippen molar-refractivity contribution in [2.75, 3.05) is 17.2 Å². The maximum Gasteiger partial charge on any atom is 0.306 e. The van der Waals surface area contributed by atoms with E-state index in [1.54, 1.807) is 24.3 Å². The van der Waals surface area contributed by atoms with E-state index >= 15 is 0 Å². The summed E-state index contributed by atoms with van der Waals surface area (Å²) in [4.78, 5) is 46.8. The molecule has 0 aliphatic heterocycles. The molecule has 2 rings (SSSR count). The SMILES string of the molecule is CC(=O)c1ccc(NC(=O)COC(=O)CCC(=O)Nc2ccc(C)cc2C)cc1. The van der Waals surface area contributed by atoms with E-state index in [2.05, 4.69) is 10.6 Å². The lowest BCUT2D eigenvalue weighted by Crippen LogP contribution is -2.22. The highest BCUT2D eigenvalue weighted by molar-refractivity contribution is 5.96. The van der Waals surface area contributed by atoms with Gasteiger partial charge < -0.3 is 15.4 Å². The fourth-order valence-corrected chi connectivity index (χ4v) is 2.59. The summed E-state index contributed by atoms with van der Waals surface area (Å²) in [5.74, 6) is -1.51. The summed E-state index contributed by atoms with van der Waals surface area (Å²) in [5, 5.41) is 5.32. The van der Waals surface area contributed by atoms with Gasteiger partial charge in [0.25, 0.3) is 5.91 Å². The quantitative estimate of drug-likeness (QED) is 0.526. The third-order valence-electron chi connectivity index (χ3n) is 4.15. The number of rotatable bonds is 8. The molecule has 7 heteroatoms. The Hall–Kier alpha value is -3.48. The Kier molecular flexibility index (Phi) is 7.65. The van der Waals surface area contributed by atoms with Crippen molar-refractivity contribution in [3.8, 4) is 0 Å². The molecule has 0 fully saturated rings. The Bertz CT molecular complexity index is 919. The van der Waals surface area contributed by atoms with Gasteiger partial charge in [0.05, 0.1) is 6.42 Å². The molecule has 0 spiro atoms. The number of ketones is 1. The molecular weight excluding hydrogens is 372 g/mol. The Morgan fingerprint density at radius 2 is 1.55 bits per heavy atom. The van der Waals surface area contributed by atoms with E-state index in [-0.39, 0.29) is 24.5 Å². The molecule has 0 heterocycles. The van der Waals surface area contributed by atoms with Crippen LogP contribution in [-0.4, -0.2) is 30.2 Å². The van der Waals surface area contributed by atoms with Gasteiger partial charge in [0.15, 0.2) is 12.4 Å². The third kappa shape index (κ3) is 7.21. The number of Topliss-reactive ketones (excluding diaryl/α,β-unsaturated/α-hetero) is 1. The number of carbonyl (C=O) groups is 4. The van der Waals surface area contributed by atoms with Crippen molar-refractivity contribution in [1.82, 2.24) is 0 Å². The van der Waals surface area contributed by atoms with Crippen LogP contribution in [0.4, 0.5) is 11.4 Å². The van der Waals surface area contributed by atoms with Crippen molar-refractivity contribution in [2.45, 2.75) is 33.6 Å². The van der Waals surface area contributed by atoms with Gasteiger partial charge in [-0.05, 0) is 56.7 Å². The first-order valence-corrected chi connectivity index (χ1v) is 9.18. The fraction of sp³-hybridized carbons (Fsp3) is 0.273. The highest BCUT2D eigenvalue weighted by Gasteiger charge is 2.12. The van der Waals surface area contributed by atoms with E-state index in [9.17, 15) is 19.2 Å². The zero-order valence-corrected chi connectivity index (χ0v) is 16.7. The number of aryl methyl sites for hydroxylation is 2. The summed E-state index contributed by atoms with van der Waals surface area (Å²) < 4.78 is 4.89. The summed E-state index contributed by atoms with van der Waals surface area (Å²) in [6, 6.07) is 12.0. The number of hydrogen-bond acceptors (Lipinski definition) is 5. The Morgan fingerprint density at radius 3 is 2.17 bits per heavy atom. The van der Waals surface area contributed by atoms with Crippen LogP contribution in [0.3, 0.4) is 0 Å². The van der Waals surface area contributed by atoms with Crippen molar-refractivity contribution in [3.05, 3.63) is 59.2 Å². The van der Waals surface area contributed by atoms with Crippen LogP contribution < -0.4 is 10.6 Å². The van der Waals surface area contributed by atoms with Crippen molar-refractivity contribution < 1.29 is 23.9 Å². The molecule has 0 saturated heterocycles. The molecule has 0 atom stereocenters. The van der Waals surface area contributed by atoms with Gasteiger partial charge in [0, 0.05) is 23.4 Å². The van der Waals surface area contributed by atoms with Crippen LogP contribution in [0.15, 0.2) is 42.5 Å². The number of hydrogen-bond donors (Lipinski definition) is 2. The normalized spacial score (nSPS) is 10.2. The second-order valence-electron chi connectivity index (χ2n) is 6.71. The summed E-state index contributed by atoms with van der Waals surface area (Å²) in [6.07, 6.45) is -0.169. The van der Waals surface area contributed by atoms with E-state index in [1.807, 2.05) is 32.0 Å². The summed E-state index contributed by atoms with van der Waals surface area (Å²) in [7, 11) is 0. The number of benzene rings is 2. The molecule has 0 saturated carbocycles. The number of nitrogens with one attached hydrogen (secondary N) is 2. The maximum absolute atomic E-state index is 12.0. The smallest absolute Gasteiger partial charge is 0.306 e. The van der Waals surface area contributed by atoms with E-state index in [0.29, 0.717) is 16.9 Å².